The Kier molecular flexibility index (Phi) is 5.28. The highest BCUT2D eigenvalue weighted by Crippen LogP contribution is 2.21. The molecule has 1 aliphatic rings. The van der Waals surface area contributed by atoms with Crippen molar-refractivity contribution < 1.29 is 4.79 Å². The molecule has 0 saturated carbocycles. The fraction of sp³-hybridized carbons (Fsp3) is 0.350. The second kappa shape index (κ2) is 7.60. The van der Waals surface area contributed by atoms with Crippen LogP contribution in [0.3, 0.4) is 0 Å². The number of nitrogens with one attached hydrogen (secondary N) is 1. The lowest BCUT2D eigenvalue weighted by Gasteiger charge is -2.21. The number of hydrogen-bond acceptors (Lipinski definition) is 3. The van der Waals surface area contributed by atoms with Gasteiger partial charge in [-0.2, -0.15) is 0 Å². The Morgan fingerprint density at radius 1 is 1.17 bits per heavy atom. The van der Waals surface area contributed by atoms with Gasteiger partial charge in [0.2, 0.25) is 5.91 Å². The maximum atomic E-state index is 12.4. The van der Waals surface area contributed by atoms with Gasteiger partial charge in [-0.25, -0.2) is 0 Å². The number of nitrogens with zero attached hydrogens (tertiary/aromatic N) is 1. The molecule has 126 valence electrons. The maximum Gasteiger partial charge on any atom is 0.241 e. The Morgan fingerprint density at radius 2 is 1.79 bits per heavy atom. The quantitative estimate of drug-likeness (QED) is 0.889. The van der Waals surface area contributed by atoms with Crippen molar-refractivity contribution in [2.45, 2.75) is 38.0 Å². The highest BCUT2D eigenvalue weighted by Gasteiger charge is 2.31. The van der Waals surface area contributed by atoms with Gasteiger partial charge in [0.05, 0.1) is 0 Å². The number of likely N-dealkylation sites (tertiary alicyclic amines) is 1. The molecule has 0 spiro atoms. The van der Waals surface area contributed by atoms with Gasteiger partial charge in [0.1, 0.15) is 6.04 Å². The molecular formula is C20H25N3O. The summed E-state index contributed by atoms with van der Waals surface area (Å²) in [5.41, 5.74) is 8.24. The third-order valence-corrected chi connectivity index (χ3v) is 4.72. The average molecular weight is 323 g/mol. The van der Waals surface area contributed by atoms with Crippen LogP contribution in [-0.4, -0.2) is 29.4 Å². The van der Waals surface area contributed by atoms with E-state index in [1.165, 1.54) is 5.56 Å². The van der Waals surface area contributed by atoms with Crippen molar-refractivity contribution in [1.82, 2.24) is 10.2 Å². The lowest BCUT2D eigenvalue weighted by atomic mass is 10.1. The fourth-order valence-electron chi connectivity index (χ4n) is 3.34. The number of nitrogens with two attached hydrogens (primary N) is 1. The lowest BCUT2D eigenvalue weighted by Crippen LogP contribution is -2.42. The van der Waals surface area contributed by atoms with E-state index in [0.717, 1.165) is 25.1 Å². The van der Waals surface area contributed by atoms with Crippen LogP contribution in [0.15, 0.2) is 60.7 Å². The van der Waals surface area contributed by atoms with Gasteiger partial charge in [-0.15, -0.1) is 0 Å². The zero-order valence-corrected chi connectivity index (χ0v) is 14.1. The molecule has 2 aromatic rings. The number of carbonyl (C=O) groups excluding carboxylic acids is 1. The Morgan fingerprint density at radius 3 is 2.46 bits per heavy atom. The number of amides is 1. The highest BCUT2D eigenvalue weighted by atomic mass is 16.2. The van der Waals surface area contributed by atoms with Crippen molar-refractivity contribution in [3.05, 3.63) is 71.8 Å². The molecule has 3 atom stereocenters. The number of benzene rings is 2. The topological polar surface area (TPSA) is 58.4 Å². The van der Waals surface area contributed by atoms with E-state index in [0.29, 0.717) is 6.04 Å². The lowest BCUT2D eigenvalue weighted by molar-refractivity contribution is -0.123. The standard InChI is InChI=1S/C20H25N3O/c1-15-12-18(14-23(15)13-16-8-4-2-5-9-16)22-20(24)19(21)17-10-6-3-7-11-17/h2-11,15,18-19H,12-14,21H2,1H3,(H,22,24). The minimum atomic E-state index is -0.607. The molecule has 1 heterocycles. The zero-order valence-electron chi connectivity index (χ0n) is 14.1. The van der Waals surface area contributed by atoms with E-state index in [4.69, 9.17) is 5.73 Å². The van der Waals surface area contributed by atoms with Crippen molar-refractivity contribution in [2.24, 2.45) is 5.73 Å². The molecule has 1 aliphatic heterocycles. The van der Waals surface area contributed by atoms with Gasteiger partial charge in [0, 0.05) is 25.2 Å². The van der Waals surface area contributed by atoms with E-state index in [-0.39, 0.29) is 11.9 Å². The van der Waals surface area contributed by atoms with Crippen LogP contribution in [0.4, 0.5) is 0 Å². The molecule has 4 heteroatoms. The molecule has 1 saturated heterocycles. The van der Waals surface area contributed by atoms with Gasteiger partial charge >= 0.3 is 0 Å². The van der Waals surface area contributed by atoms with Gasteiger partial charge in [-0.05, 0) is 24.5 Å². The van der Waals surface area contributed by atoms with Gasteiger partial charge in [0.25, 0.3) is 0 Å². The summed E-state index contributed by atoms with van der Waals surface area (Å²) in [5.74, 6) is -0.0973. The average Bonchev–Trinajstić information content (AvgIpc) is 2.95. The highest BCUT2D eigenvalue weighted by molar-refractivity contribution is 5.83. The van der Waals surface area contributed by atoms with E-state index < -0.39 is 6.04 Å². The van der Waals surface area contributed by atoms with E-state index in [9.17, 15) is 4.79 Å². The molecule has 2 aromatic carbocycles. The first-order chi connectivity index (χ1) is 11.6. The van der Waals surface area contributed by atoms with E-state index in [1.807, 2.05) is 36.4 Å². The normalized spacial score (nSPS) is 22.2. The number of rotatable bonds is 5. The molecule has 4 nitrogen and oxygen atoms in total. The first kappa shape index (κ1) is 16.7. The summed E-state index contributed by atoms with van der Waals surface area (Å²) in [7, 11) is 0. The van der Waals surface area contributed by atoms with Crippen LogP contribution in [0.2, 0.25) is 0 Å². The van der Waals surface area contributed by atoms with Gasteiger partial charge in [-0.3, -0.25) is 9.69 Å². The van der Waals surface area contributed by atoms with Crippen LogP contribution in [-0.2, 0) is 11.3 Å². The summed E-state index contributed by atoms with van der Waals surface area (Å²) in [6, 6.07) is 20.0. The fourth-order valence-corrected chi connectivity index (χ4v) is 3.34. The third kappa shape index (κ3) is 4.02. The molecule has 24 heavy (non-hydrogen) atoms. The summed E-state index contributed by atoms with van der Waals surface area (Å²) in [6.45, 7) is 3.99. The number of carbonyl (C=O) groups is 1. The molecule has 0 aromatic heterocycles. The van der Waals surface area contributed by atoms with Crippen LogP contribution >= 0.6 is 0 Å². The molecule has 0 bridgehead atoms. The summed E-state index contributed by atoms with van der Waals surface area (Å²) in [5, 5.41) is 3.12. The summed E-state index contributed by atoms with van der Waals surface area (Å²) >= 11 is 0. The Hall–Kier alpha value is -2.17. The van der Waals surface area contributed by atoms with Crippen molar-refractivity contribution in [1.29, 1.82) is 0 Å². The Balaban J connectivity index is 1.56. The largest absolute Gasteiger partial charge is 0.350 e. The summed E-state index contributed by atoms with van der Waals surface area (Å²) in [4.78, 5) is 14.8. The molecule has 1 amide bonds. The van der Waals surface area contributed by atoms with Crippen molar-refractivity contribution in [2.75, 3.05) is 6.54 Å². The zero-order chi connectivity index (χ0) is 16.9. The van der Waals surface area contributed by atoms with Crippen molar-refractivity contribution >= 4 is 5.91 Å². The summed E-state index contributed by atoms with van der Waals surface area (Å²) < 4.78 is 0. The van der Waals surface area contributed by atoms with Crippen LogP contribution in [0.1, 0.15) is 30.5 Å². The second-order valence-corrected chi connectivity index (χ2v) is 6.59. The van der Waals surface area contributed by atoms with Crippen LogP contribution in [0.5, 0.6) is 0 Å². The van der Waals surface area contributed by atoms with Gasteiger partial charge in [0.15, 0.2) is 0 Å². The first-order valence-corrected chi connectivity index (χ1v) is 8.52. The maximum absolute atomic E-state index is 12.4. The SMILES string of the molecule is CC1CC(NC(=O)C(N)c2ccccc2)CN1Cc1ccccc1. The molecule has 3 rings (SSSR count). The second-order valence-electron chi connectivity index (χ2n) is 6.59. The smallest absolute Gasteiger partial charge is 0.241 e. The molecule has 0 radical (unpaired) electrons. The van der Waals surface area contributed by atoms with Crippen LogP contribution < -0.4 is 11.1 Å². The van der Waals surface area contributed by atoms with Crippen molar-refractivity contribution in [3.63, 3.8) is 0 Å². The predicted octanol–water partition coefficient (Wildman–Crippen LogP) is 2.47. The van der Waals surface area contributed by atoms with Gasteiger partial charge in [-0.1, -0.05) is 60.7 Å². The van der Waals surface area contributed by atoms with E-state index in [2.05, 4.69) is 41.4 Å². The number of hydrogen-bond donors (Lipinski definition) is 2. The first-order valence-electron chi connectivity index (χ1n) is 8.52. The third-order valence-electron chi connectivity index (χ3n) is 4.72. The van der Waals surface area contributed by atoms with E-state index >= 15 is 0 Å². The molecule has 0 aliphatic carbocycles. The van der Waals surface area contributed by atoms with Gasteiger partial charge < -0.3 is 11.1 Å². The molecular weight excluding hydrogens is 298 g/mol. The van der Waals surface area contributed by atoms with Crippen LogP contribution in [0, 0.1) is 0 Å². The summed E-state index contributed by atoms with van der Waals surface area (Å²) in [6.07, 6.45) is 0.958. The molecule has 3 unspecified atom stereocenters. The van der Waals surface area contributed by atoms with Crippen LogP contribution in [0.25, 0.3) is 0 Å². The Bertz CT molecular complexity index is 659. The minimum Gasteiger partial charge on any atom is -0.350 e. The Labute approximate surface area is 143 Å². The minimum absolute atomic E-state index is 0.0973. The molecule has 3 N–H and O–H groups in total. The van der Waals surface area contributed by atoms with E-state index in [1.54, 1.807) is 0 Å². The molecule has 1 fully saturated rings. The monoisotopic (exact) mass is 323 g/mol. The van der Waals surface area contributed by atoms with Crippen molar-refractivity contribution in [3.8, 4) is 0 Å². The predicted molar refractivity (Wildman–Crippen MR) is 96.2 cm³/mol.